The molecule has 0 radical (unpaired) electrons. The Morgan fingerprint density at radius 2 is 2.04 bits per heavy atom. The fourth-order valence-electron chi connectivity index (χ4n) is 2.59. The van der Waals surface area contributed by atoms with Gasteiger partial charge in [0.1, 0.15) is 11.8 Å². The second-order valence-electron chi connectivity index (χ2n) is 5.65. The van der Waals surface area contributed by atoms with Crippen LogP contribution >= 0.6 is 11.8 Å². The molecule has 0 bridgehead atoms. The number of anilines is 1. The number of ether oxygens (including phenoxy) is 1. The summed E-state index contributed by atoms with van der Waals surface area (Å²) in [6, 6.07) is 11.0. The molecule has 1 atom stereocenters. The molecule has 3 aromatic rings. The van der Waals surface area contributed by atoms with E-state index in [9.17, 15) is 4.79 Å². The fourth-order valence-corrected chi connectivity index (χ4v) is 3.05. The van der Waals surface area contributed by atoms with Crippen molar-refractivity contribution in [3.05, 3.63) is 48.8 Å². The van der Waals surface area contributed by atoms with Crippen LogP contribution in [0, 0.1) is 0 Å². The molecule has 0 aliphatic heterocycles. The molecule has 3 rings (SSSR count). The zero-order valence-electron chi connectivity index (χ0n) is 14.7. The number of H-pyrrole nitrogens is 1. The predicted molar refractivity (Wildman–Crippen MR) is 103 cm³/mol. The van der Waals surface area contributed by atoms with Crippen LogP contribution in [0.5, 0.6) is 5.75 Å². The van der Waals surface area contributed by atoms with E-state index in [4.69, 9.17) is 4.74 Å². The summed E-state index contributed by atoms with van der Waals surface area (Å²) >= 11 is 1.71. The van der Waals surface area contributed by atoms with E-state index in [1.54, 1.807) is 18.9 Å². The Morgan fingerprint density at radius 1 is 1.31 bits per heavy atom. The quantitative estimate of drug-likeness (QED) is 0.635. The summed E-state index contributed by atoms with van der Waals surface area (Å²) in [6.07, 6.45) is 6.55. The zero-order valence-corrected chi connectivity index (χ0v) is 15.5. The third-order valence-corrected chi connectivity index (χ3v) is 4.61. The number of rotatable bonds is 8. The second kappa shape index (κ2) is 8.57. The molecule has 0 unspecified atom stereocenters. The monoisotopic (exact) mass is 371 g/mol. The lowest BCUT2D eigenvalue weighted by Crippen LogP contribution is -2.26. The number of nitrogens with zero attached hydrogens (tertiary/aromatic N) is 3. The first-order valence-electron chi connectivity index (χ1n) is 8.20. The van der Waals surface area contributed by atoms with E-state index in [2.05, 4.69) is 20.5 Å². The van der Waals surface area contributed by atoms with Gasteiger partial charge in [-0.05, 0) is 54.8 Å². The lowest BCUT2D eigenvalue weighted by molar-refractivity contribution is -0.119. The molecular weight excluding hydrogens is 350 g/mol. The number of nitrogens with one attached hydrogen (secondary N) is 2. The van der Waals surface area contributed by atoms with Gasteiger partial charge in [0.05, 0.1) is 7.11 Å². The van der Waals surface area contributed by atoms with Gasteiger partial charge in [-0.25, -0.2) is 0 Å². The average molecular weight is 371 g/mol. The maximum Gasteiger partial charge on any atom is 0.249 e. The van der Waals surface area contributed by atoms with Gasteiger partial charge in [-0.15, -0.1) is 5.10 Å². The molecule has 0 aliphatic carbocycles. The van der Waals surface area contributed by atoms with E-state index in [0.29, 0.717) is 5.82 Å². The number of thioether (sulfide) groups is 1. The van der Waals surface area contributed by atoms with Crippen LogP contribution in [0.15, 0.2) is 48.8 Å². The number of aromatic amines is 1. The first-order chi connectivity index (χ1) is 12.7. The Labute approximate surface area is 156 Å². The van der Waals surface area contributed by atoms with Crippen molar-refractivity contribution in [3.63, 3.8) is 0 Å². The van der Waals surface area contributed by atoms with Crippen molar-refractivity contribution in [2.45, 2.75) is 12.5 Å². The topological polar surface area (TPSA) is 84.8 Å². The SMILES string of the molecule is COc1ccc(-c2nc(NC(=O)[C@@H](CCSC)n3cccc3)n[nH]2)cc1. The van der Waals surface area contributed by atoms with Gasteiger partial charge in [0.25, 0.3) is 0 Å². The predicted octanol–water partition coefficient (Wildman–Crippen LogP) is 3.21. The first-order valence-corrected chi connectivity index (χ1v) is 9.59. The van der Waals surface area contributed by atoms with Crippen molar-refractivity contribution in [1.29, 1.82) is 0 Å². The summed E-state index contributed by atoms with van der Waals surface area (Å²) < 4.78 is 7.05. The minimum Gasteiger partial charge on any atom is -0.497 e. The van der Waals surface area contributed by atoms with E-state index >= 15 is 0 Å². The molecule has 136 valence electrons. The molecule has 2 heterocycles. The molecule has 26 heavy (non-hydrogen) atoms. The molecule has 2 aromatic heterocycles. The van der Waals surface area contributed by atoms with Crippen LogP contribution in [-0.2, 0) is 4.79 Å². The number of carbonyl (C=O) groups is 1. The molecule has 7 nitrogen and oxygen atoms in total. The van der Waals surface area contributed by atoms with Crippen molar-refractivity contribution in [3.8, 4) is 17.1 Å². The van der Waals surface area contributed by atoms with Crippen LogP contribution in [0.4, 0.5) is 5.95 Å². The van der Waals surface area contributed by atoms with Gasteiger partial charge >= 0.3 is 0 Å². The third kappa shape index (κ3) is 4.26. The van der Waals surface area contributed by atoms with Crippen molar-refractivity contribution >= 4 is 23.6 Å². The summed E-state index contributed by atoms with van der Waals surface area (Å²) in [4.78, 5) is 17.1. The van der Waals surface area contributed by atoms with Crippen molar-refractivity contribution in [1.82, 2.24) is 19.7 Å². The molecule has 1 amide bonds. The standard InChI is InChI=1S/C18H21N5O2S/c1-25-14-7-5-13(6-8-14)16-19-18(22-21-16)20-17(24)15(9-12-26-2)23-10-3-4-11-23/h3-8,10-11,15H,9,12H2,1-2H3,(H2,19,20,21,22,24)/t15-/m1/s1. The second-order valence-corrected chi connectivity index (χ2v) is 6.64. The summed E-state index contributed by atoms with van der Waals surface area (Å²) in [5.74, 6) is 2.38. The maximum absolute atomic E-state index is 12.7. The van der Waals surface area contributed by atoms with Gasteiger partial charge in [0.2, 0.25) is 11.9 Å². The molecular formula is C18H21N5O2S. The number of hydrogen-bond donors (Lipinski definition) is 2. The van der Waals surface area contributed by atoms with E-state index in [1.165, 1.54) is 0 Å². The third-order valence-electron chi connectivity index (χ3n) is 3.97. The van der Waals surface area contributed by atoms with E-state index in [1.807, 2.05) is 59.6 Å². The van der Waals surface area contributed by atoms with Crippen LogP contribution in [0.3, 0.4) is 0 Å². The fraction of sp³-hybridized carbons (Fsp3) is 0.278. The molecule has 0 saturated carbocycles. The van der Waals surface area contributed by atoms with Gasteiger partial charge in [-0.1, -0.05) is 0 Å². The minimum atomic E-state index is -0.291. The van der Waals surface area contributed by atoms with Crippen LogP contribution in [0.1, 0.15) is 12.5 Å². The van der Waals surface area contributed by atoms with Gasteiger partial charge in [-0.3, -0.25) is 15.2 Å². The van der Waals surface area contributed by atoms with Crippen molar-refractivity contribution in [2.75, 3.05) is 24.4 Å². The lowest BCUT2D eigenvalue weighted by Gasteiger charge is -2.17. The van der Waals surface area contributed by atoms with Gasteiger partial charge in [0.15, 0.2) is 5.82 Å². The smallest absolute Gasteiger partial charge is 0.249 e. The number of amides is 1. The number of aromatic nitrogens is 4. The van der Waals surface area contributed by atoms with Crippen LogP contribution in [0.2, 0.25) is 0 Å². The number of benzene rings is 1. The van der Waals surface area contributed by atoms with Crippen LogP contribution < -0.4 is 10.1 Å². The van der Waals surface area contributed by atoms with Gasteiger partial charge < -0.3 is 9.30 Å². The molecule has 1 aromatic carbocycles. The Balaban J connectivity index is 1.71. The lowest BCUT2D eigenvalue weighted by atomic mass is 10.2. The van der Waals surface area contributed by atoms with Crippen LogP contribution in [-0.4, -0.2) is 44.8 Å². The first kappa shape index (κ1) is 18.1. The summed E-state index contributed by atoms with van der Waals surface area (Å²) in [5, 5.41) is 9.76. The van der Waals surface area contributed by atoms with E-state index < -0.39 is 0 Å². The number of hydrogen-bond acceptors (Lipinski definition) is 5. The number of carbonyl (C=O) groups excluding carboxylic acids is 1. The van der Waals surface area contributed by atoms with Crippen LogP contribution in [0.25, 0.3) is 11.4 Å². The Hall–Kier alpha value is -2.74. The zero-order chi connectivity index (χ0) is 18.4. The average Bonchev–Trinajstić information content (AvgIpc) is 3.34. The van der Waals surface area contributed by atoms with Crippen molar-refractivity contribution < 1.29 is 9.53 Å². The van der Waals surface area contributed by atoms with Gasteiger partial charge in [0, 0.05) is 18.0 Å². The largest absolute Gasteiger partial charge is 0.497 e. The summed E-state index contributed by atoms with van der Waals surface area (Å²) in [5.41, 5.74) is 0.864. The molecule has 8 heteroatoms. The summed E-state index contributed by atoms with van der Waals surface area (Å²) in [6.45, 7) is 0. The highest BCUT2D eigenvalue weighted by Crippen LogP contribution is 2.21. The van der Waals surface area contributed by atoms with E-state index in [0.717, 1.165) is 23.5 Å². The van der Waals surface area contributed by atoms with Crippen molar-refractivity contribution in [2.24, 2.45) is 0 Å². The maximum atomic E-state index is 12.7. The van der Waals surface area contributed by atoms with E-state index in [-0.39, 0.29) is 17.9 Å². The highest BCUT2D eigenvalue weighted by atomic mass is 32.2. The number of methoxy groups -OCH3 is 1. The molecule has 0 aliphatic rings. The molecule has 0 saturated heterocycles. The normalized spacial score (nSPS) is 11.9. The Bertz CT molecular complexity index is 830. The highest BCUT2D eigenvalue weighted by molar-refractivity contribution is 7.98. The summed E-state index contributed by atoms with van der Waals surface area (Å²) in [7, 11) is 1.62. The Kier molecular flexibility index (Phi) is 5.96. The Morgan fingerprint density at radius 3 is 2.69 bits per heavy atom. The minimum absolute atomic E-state index is 0.129. The molecule has 2 N–H and O–H groups in total. The highest BCUT2D eigenvalue weighted by Gasteiger charge is 2.21. The molecule has 0 fully saturated rings. The molecule has 0 spiro atoms. The van der Waals surface area contributed by atoms with Gasteiger partial charge in [-0.2, -0.15) is 16.7 Å².